The topological polar surface area (TPSA) is 17.8 Å². The van der Waals surface area contributed by atoms with Crippen LogP contribution in [0, 0.1) is 0 Å². The van der Waals surface area contributed by atoms with E-state index in [0.29, 0.717) is 5.88 Å². The fraction of sp³-hybridized carbons (Fsp3) is 0.167. The molecule has 0 N–H and O–H groups in total. The standard InChI is InChI=1S/C18H13BrCl2N2/c19-11-6-7-15-13(10-11)17-18(23(15)9-3-8-20)16(21)12-4-1-2-5-14(12)22-17/h1-2,4-7,10H,3,8-9H2. The summed E-state index contributed by atoms with van der Waals surface area (Å²) in [5.41, 5.74) is 3.99. The van der Waals surface area contributed by atoms with Crippen LogP contribution in [0.4, 0.5) is 0 Å². The minimum Gasteiger partial charge on any atom is -0.338 e. The fourth-order valence-corrected chi connectivity index (χ4v) is 3.93. The van der Waals surface area contributed by atoms with Gasteiger partial charge < -0.3 is 4.57 Å². The molecule has 4 aromatic rings. The molecule has 116 valence electrons. The van der Waals surface area contributed by atoms with Crippen molar-refractivity contribution in [2.24, 2.45) is 0 Å². The van der Waals surface area contributed by atoms with Crippen LogP contribution in [0.2, 0.25) is 5.02 Å². The summed E-state index contributed by atoms with van der Waals surface area (Å²) in [7, 11) is 0. The first kappa shape index (κ1) is 15.3. The van der Waals surface area contributed by atoms with Crippen molar-refractivity contribution >= 4 is 72.0 Å². The molecule has 0 atom stereocenters. The Bertz CT molecular complexity index is 1040. The van der Waals surface area contributed by atoms with Crippen molar-refractivity contribution in [3.63, 3.8) is 0 Å². The van der Waals surface area contributed by atoms with Gasteiger partial charge in [-0.1, -0.05) is 45.7 Å². The highest BCUT2D eigenvalue weighted by Crippen LogP contribution is 2.37. The van der Waals surface area contributed by atoms with Crippen molar-refractivity contribution in [2.45, 2.75) is 13.0 Å². The number of benzene rings is 2. The summed E-state index contributed by atoms with van der Waals surface area (Å²) in [4.78, 5) is 4.88. The molecule has 0 unspecified atom stereocenters. The van der Waals surface area contributed by atoms with Crippen LogP contribution in [0.25, 0.3) is 32.8 Å². The van der Waals surface area contributed by atoms with Crippen molar-refractivity contribution in [1.29, 1.82) is 0 Å². The molecule has 0 aliphatic heterocycles. The van der Waals surface area contributed by atoms with Crippen molar-refractivity contribution in [2.75, 3.05) is 5.88 Å². The normalized spacial score (nSPS) is 11.8. The van der Waals surface area contributed by atoms with E-state index in [0.717, 1.165) is 55.3 Å². The number of aromatic nitrogens is 2. The molecule has 0 saturated heterocycles. The lowest BCUT2D eigenvalue weighted by Crippen LogP contribution is -1.99. The van der Waals surface area contributed by atoms with Crippen LogP contribution >= 0.6 is 39.1 Å². The first-order valence-corrected chi connectivity index (χ1v) is 9.13. The Kier molecular flexibility index (Phi) is 3.96. The fourth-order valence-electron chi connectivity index (χ4n) is 3.10. The molecule has 0 aliphatic rings. The van der Waals surface area contributed by atoms with Gasteiger partial charge in [-0.15, -0.1) is 11.6 Å². The second-order valence-electron chi connectivity index (χ2n) is 5.50. The molecule has 5 heteroatoms. The van der Waals surface area contributed by atoms with Gasteiger partial charge in [-0.25, -0.2) is 4.98 Å². The molecule has 0 radical (unpaired) electrons. The molecule has 0 fully saturated rings. The maximum absolute atomic E-state index is 6.76. The molecule has 0 amide bonds. The third kappa shape index (κ3) is 2.42. The van der Waals surface area contributed by atoms with Crippen molar-refractivity contribution in [3.05, 3.63) is 52.0 Å². The molecule has 2 nitrogen and oxygen atoms in total. The highest BCUT2D eigenvalue weighted by molar-refractivity contribution is 9.10. The smallest absolute Gasteiger partial charge is 0.0983 e. The van der Waals surface area contributed by atoms with Crippen LogP contribution in [-0.2, 0) is 6.54 Å². The van der Waals surface area contributed by atoms with Gasteiger partial charge in [-0.2, -0.15) is 0 Å². The number of aryl methyl sites for hydroxylation is 1. The van der Waals surface area contributed by atoms with Gasteiger partial charge >= 0.3 is 0 Å². The van der Waals surface area contributed by atoms with Crippen molar-refractivity contribution in [3.8, 4) is 0 Å². The summed E-state index contributed by atoms with van der Waals surface area (Å²) in [5.74, 6) is 0.621. The number of hydrogen-bond donors (Lipinski definition) is 0. The first-order chi connectivity index (χ1) is 11.2. The van der Waals surface area contributed by atoms with Gasteiger partial charge in [-0.3, -0.25) is 0 Å². The summed E-state index contributed by atoms with van der Waals surface area (Å²) in [6.07, 6.45) is 0.889. The van der Waals surface area contributed by atoms with E-state index in [1.165, 1.54) is 0 Å². The number of alkyl halides is 1. The highest BCUT2D eigenvalue weighted by Gasteiger charge is 2.17. The number of halogens is 3. The van der Waals surface area contributed by atoms with Crippen molar-refractivity contribution in [1.82, 2.24) is 9.55 Å². The number of para-hydroxylation sites is 1. The predicted molar refractivity (Wildman–Crippen MR) is 103 cm³/mol. The molecular formula is C18H13BrCl2N2. The molecule has 23 heavy (non-hydrogen) atoms. The maximum atomic E-state index is 6.76. The highest BCUT2D eigenvalue weighted by atomic mass is 79.9. The number of rotatable bonds is 3. The molecule has 0 aliphatic carbocycles. The Morgan fingerprint density at radius 1 is 1.09 bits per heavy atom. The van der Waals surface area contributed by atoms with Crippen LogP contribution in [0.5, 0.6) is 0 Å². The van der Waals surface area contributed by atoms with E-state index in [9.17, 15) is 0 Å². The summed E-state index contributed by atoms with van der Waals surface area (Å²) in [6, 6.07) is 14.3. The largest absolute Gasteiger partial charge is 0.338 e. The van der Waals surface area contributed by atoms with Crippen LogP contribution < -0.4 is 0 Å². The Morgan fingerprint density at radius 2 is 1.91 bits per heavy atom. The second-order valence-corrected chi connectivity index (χ2v) is 7.17. The molecule has 0 bridgehead atoms. The Labute approximate surface area is 152 Å². The lowest BCUT2D eigenvalue weighted by molar-refractivity contribution is 0.728. The number of hydrogen-bond acceptors (Lipinski definition) is 1. The second kappa shape index (κ2) is 5.97. The van der Waals surface area contributed by atoms with Gasteiger partial charge in [0.05, 0.1) is 27.1 Å². The van der Waals surface area contributed by atoms with Crippen LogP contribution in [0.3, 0.4) is 0 Å². The van der Waals surface area contributed by atoms with Gasteiger partial charge in [0.1, 0.15) is 0 Å². The van der Waals surface area contributed by atoms with Gasteiger partial charge in [-0.05, 0) is 30.7 Å². The Morgan fingerprint density at radius 3 is 2.74 bits per heavy atom. The summed E-state index contributed by atoms with van der Waals surface area (Å²) in [6.45, 7) is 0.824. The lowest BCUT2D eigenvalue weighted by atomic mass is 10.2. The SMILES string of the molecule is ClCCCn1c2ccc(Br)cc2c2nc3ccccc3c(Cl)c21. The average molecular weight is 408 g/mol. The molecule has 2 aromatic carbocycles. The minimum atomic E-state index is 0.621. The lowest BCUT2D eigenvalue weighted by Gasteiger charge is -2.08. The van der Waals surface area contributed by atoms with Gasteiger partial charge in [0.2, 0.25) is 0 Å². The van der Waals surface area contributed by atoms with Gasteiger partial charge in [0.25, 0.3) is 0 Å². The Hall–Kier alpha value is -1.29. The third-order valence-corrected chi connectivity index (χ3v) is 5.24. The predicted octanol–water partition coefficient (Wildman–Crippen LogP) is 6.39. The zero-order valence-corrected chi connectivity index (χ0v) is 15.3. The van der Waals surface area contributed by atoms with Crippen molar-refractivity contribution < 1.29 is 0 Å². The maximum Gasteiger partial charge on any atom is 0.0983 e. The molecule has 2 aromatic heterocycles. The third-order valence-electron chi connectivity index (χ3n) is 4.09. The quantitative estimate of drug-likeness (QED) is 0.360. The zero-order valence-electron chi connectivity index (χ0n) is 12.2. The van der Waals surface area contributed by atoms with E-state index in [2.05, 4.69) is 32.6 Å². The zero-order chi connectivity index (χ0) is 16.0. The van der Waals surface area contributed by atoms with Gasteiger partial charge in [0, 0.05) is 27.7 Å². The van der Waals surface area contributed by atoms with Gasteiger partial charge in [0.15, 0.2) is 0 Å². The summed E-state index contributed by atoms with van der Waals surface area (Å²) in [5, 5.41) is 2.85. The molecule has 0 spiro atoms. The first-order valence-electron chi connectivity index (χ1n) is 7.42. The Balaban J connectivity index is 2.20. The number of fused-ring (bicyclic) bond motifs is 4. The molecule has 4 rings (SSSR count). The van der Waals surface area contributed by atoms with E-state index >= 15 is 0 Å². The van der Waals surface area contributed by atoms with Crippen LogP contribution in [0.15, 0.2) is 46.9 Å². The van der Waals surface area contributed by atoms with E-state index < -0.39 is 0 Å². The average Bonchev–Trinajstić information content (AvgIpc) is 2.86. The monoisotopic (exact) mass is 406 g/mol. The number of pyridine rings is 1. The van der Waals surface area contributed by atoms with E-state index in [1.54, 1.807) is 0 Å². The summed E-state index contributed by atoms with van der Waals surface area (Å²) < 4.78 is 3.27. The molecule has 0 saturated carbocycles. The summed E-state index contributed by atoms with van der Waals surface area (Å²) >= 11 is 16.2. The molecular weight excluding hydrogens is 395 g/mol. The van der Waals surface area contributed by atoms with Crippen LogP contribution in [0.1, 0.15) is 6.42 Å². The van der Waals surface area contributed by atoms with E-state index in [-0.39, 0.29) is 0 Å². The number of nitrogens with zero attached hydrogens (tertiary/aromatic N) is 2. The van der Waals surface area contributed by atoms with E-state index in [4.69, 9.17) is 28.2 Å². The van der Waals surface area contributed by atoms with E-state index in [1.807, 2.05) is 30.3 Å². The molecule has 2 heterocycles. The van der Waals surface area contributed by atoms with Crippen LogP contribution in [-0.4, -0.2) is 15.4 Å². The minimum absolute atomic E-state index is 0.621.